The van der Waals surface area contributed by atoms with Gasteiger partial charge >= 0.3 is 5.97 Å². The Bertz CT molecular complexity index is 1200. The number of rotatable bonds is 6. The van der Waals surface area contributed by atoms with E-state index in [-0.39, 0.29) is 24.1 Å². The molecule has 5 rings (SSSR count). The summed E-state index contributed by atoms with van der Waals surface area (Å²) in [5, 5.41) is 0. The van der Waals surface area contributed by atoms with E-state index in [0.717, 1.165) is 14.7 Å². The van der Waals surface area contributed by atoms with Crippen LogP contribution in [0, 0.1) is 9.39 Å². The number of methoxy groups -OCH3 is 1. The maximum absolute atomic E-state index is 14.8. The third kappa shape index (κ3) is 4.48. The van der Waals surface area contributed by atoms with Gasteiger partial charge in [0, 0.05) is 44.5 Å². The summed E-state index contributed by atoms with van der Waals surface area (Å²) >= 11 is 2.18. The molecule has 0 saturated carbocycles. The molecule has 2 aliphatic rings. The predicted octanol–water partition coefficient (Wildman–Crippen LogP) is 5.72. The van der Waals surface area contributed by atoms with E-state index in [0.29, 0.717) is 48.1 Å². The topological polar surface area (TPSA) is 66.9 Å². The van der Waals surface area contributed by atoms with E-state index < -0.39 is 6.10 Å². The number of carbonyl (C=O) groups excluding carboxylic acids is 1. The molecule has 8 heteroatoms. The zero-order valence-electron chi connectivity index (χ0n) is 17.8. The summed E-state index contributed by atoms with van der Waals surface area (Å²) in [5.41, 5.74) is 2.27. The monoisotopic (exact) mass is 561 g/mol. The van der Waals surface area contributed by atoms with Gasteiger partial charge in [-0.1, -0.05) is 6.07 Å². The molecule has 0 N–H and O–H groups in total. The van der Waals surface area contributed by atoms with E-state index in [4.69, 9.17) is 18.9 Å². The highest BCUT2D eigenvalue weighted by molar-refractivity contribution is 14.1. The van der Waals surface area contributed by atoms with Crippen LogP contribution in [0.1, 0.15) is 41.6 Å². The maximum atomic E-state index is 14.8. The first-order valence-electron chi connectivity index (χ1n) is 10.6. The normalized spacial score (nSPS) is 18.3. The molecule has 1 aromatic heterocycles. The summed E-state index contributed by atoms with van der Waals surface area (Å²) in [7, 11) is 1.38. The molecule has 0 fully saturated rings. The summed E-state index contributed by atoms with van der Waals surface area (Å²) < 4.78 is 38.5. The molecule has 2 heterocycles. The van der Waals surface area contributed by atoms with Crippen LogP contribution in [0.3, 0.4) is 0 Å². The number of aromatic nitrogens is 1. The molecule has 0 saturated heterocycles. The Hall–Kier alpha value is -2.88. The zero-order valence-corrected chi connectivity index (χ0v) is 20.0. The molecule has 1 aliphatic heterocycles. The summed E-state index contributed by atoms with van der Waals surface area (Å²) in [6, 6.07) is 12.3. The van der Waals surface area contributed by atoms with Crippen LogP contribution in [0.2, 0.25) is 0 Å². The lowest BCUT2D eigenvalue weighted by Gasteiger charge is -2.17. The Morgan fingerprint density at radius 2 is 2.12 bits per heavy atom. The van der Waals surface area contributed by atoms with Crippen molar-refractivity contribution in [2.75, 3.05) is 13.7 Å². The first kappa shape index (κ1) is 21.9. The van der Waals surface area contributed by atoms with E-state index in [1.165, 1.54) is 13.2 Å². The highest BCUT2D eigenvalue weighted by atomic mass is 127. The Kier molecular flexibility index (Phi) is 6.09. The van der Waals surface area contributed by atoms with Crippen molar-refractivity contribution in [2.45, 2.75) is 31.3 Å². The Morgan fingerprint density at radius 1 is 1.24 bits per heavy atom. The van der Waals surface area contributed by atoms with Crippen molar-refractivity contribution < 1.29 is 28.1 Å². The van der Waals surface area contributed by atoms with Crippen LogP contribution in [0.15, 0.2) is 48.7 Å². The van der Waals surface area contributed by atoms with Gasteiger partial charge in [-0.3, -0.25) is 4.79 Å². The largest absolute Gasteiger partial charge is 0.492 e. The van der Waals surface area contributed by atoms with Crippen LogP contribution in [0.4, 0.5) is 4.39 Å². The smallest absolute Gasteiger partial charge is 0.306 e. The summed E-state index contributed by atoms with van der Waals surface area (Å²) in [5.74, 6) is 1.71. The Labute approximate surface area is 204 Å². The Balaban J connectivity index is 1.35. The maximum Gasteiger partial charge on any atom is 0.306 e. The van der Waals surface area contributed by atoms with E-state index >= 15 is 0 Å². The minimum atomic E-state index is -0.432. The highest BCUT2D eigenvalue weighted by Crippen LogP contribution is 2.44. The quantitative estimate of drug-likeness (QED) is 0.283. The van der Waals surface area contributed by atoms with Crippen molar-refractivity contribution in [3.8, 4) is 23.1 Å². The van der Waals surface area contributed by atoms with Gasteiger partial charge in [0.05, 0.1) is 20.1 Å². The van der Waals surface area contributed by atoms with Gasteiger partial charge in [-0.05, 0) is 59.7 Å². The van der Waals surface area contributed by atoms with E-state index in [9.17, 15) is 9.18 Å². The lowest BCUT2D eigenvalue weighted by atomic mass is 9.98. The van der Waals surface area contributed by atoms with Crippen LogP contribution < -0.4 is 14.2 Å². The van der Waals surface area contributed by atoms with Gasteiger partial charge in [0.25, 0.3) is 0 Å². The van der Waals surface area contributed by atoms with E-state index in [2.05, 4.69) is 27.6 Å². The van der Waals surface area contributed by atoms with Gasteiger partial charge in [-0.15, -0.1) is 0 Å². The number of pyridine rings is 1. The number of halogens is 2. The number of hydrogen-bond donors (Lipinski definition) is 0. The van der Waals surface area contributed by atoms with Crippen LogP contribution in [-0.4, -0.2) is 24.7 Å². The zero-order chi connectivity index (χ0) is 22.9. The average molecular weight is 561 g/mol. The molecule has 33 heavy (non-hydrogen) atoms. The van der Waals surface area contributed by atoms with Crippen LogP contribution in [0.5, 0.6) is 23.1 Å². The minimum absolute atomic E-state index is 0.0410. The second-order valence-corrected chi connectivity index (χ2v) is 9.23. The van der Waals surface area contributed by atoms with Crippen molar-refractivity contribution in [1.29, 1.82) is 0 Å². The Morgan fingerprint density at radius 3 is 2.91 bits per heavy atom. The lowest BCUT2D eigenvalue weighted by Crippen LogP contribution is -2.09. The van der Waals surface area contributed by atoms with E-state index in [1.54, 1.807) is 24.4 Å². The number of esters is 1. The van der Waals surface area contributed by atoms with E-state index in [1.807, 2.05) is 18.2 Å². The molecule has 0 spiro atoms. The lowest BCUT2D eigenvalue weighted by molar-refractivity contribution is -0.141. The third-order valence-electron chi connectivity index (χ3n) is 5.94. The van der Waals surface area contributed by atoms with Crippen molar-refractivity contribution >= 4 is 28.6 Å². The first-order valence-corrected chi connectivity index (χ1v) is 11.7. The highest BCUT2D eigenvalue weighted by Gasteiger charge is 2.32. The molecule has 170 valence electrons. The van der Waals surface area contributed by atoms with Gasteiger partial charge in [0.1, 0.15) is 29.2 Å². The molecule has 0 radical (unpaired) electrons. The van der Waals surface area contributed by atoms with Crippen LogP contribution in [-0.2, 0) is 16.0 Å². The molecular weight excluding hydrogens is 540 g/mol. The molecule has 1 aliphatic carbocycles. The fourth-order valence-electron chi connectivity index (χ4n) is 4.34. The standard InChI is InChI=1S/C25H21FINO5/c1-30-24(29)10-14-13-31-22-11-16(3-4-17(14)22)32-21-7-5-18-20(8-6-19(26)25(18)21)33-23-9-2-15(27)12-28-23/h2-4,6,8-9,11-12,14,21H,5,7,10,13H2,1H3/t14-,21-/m1/s1. The molecule has 2 aromatic carbocycles. The number of fused-ring (bicyclic) bond motifs is 2. The number of ether oxygens (including phenoxy) is 4. The third-order valence-corrected chi connectivity index (χ3v) is 6.58. The fourth-order valence-corrected chi connectivity index (χ4v) is 4.66. The van der Waals surface area contributed by atoms with Crippen molar-refractivity contribution in [1.82, 2.24) is 4.98 Å². The number of hydrogen-bond acceptors (Lipinski definition) is 6. The van der Waals surface area contributed by atoms with Gasteiger partial charge in [0.15, 0.2) is 0 Å². The molecule has 2 atom stereocenters. The molecular formula is C25H21FINO5. The molecule has 0 bridgehead atoms. The van der Waals surface area contributed by atoms with Crippen molar-refractivity contribution in [2.24, 2.45) is 0 Å². The molecule has 3 aromatic rings. The van der Waals surface area contributed by atoms with Crippen LogP contribution in [0.25, 0.3) is 0 Å². The molecule has 0 unspecified atom stereocenters. The number of nitrogens with zero attached hydrogens (tertiary/aromatic N) is 1. The SMILES string of the molecule is COC(=O)C[C@@H]1COc2cc(O[C@@H]3CCc4c(Oc5ccc(I)cn5)ccc(F)c43)ccc21. The second-order valence-electron chi connectivity index (χ2n) is 7.99. The van der Waals surface area contributed by atoms with Gasteiger partial charge in [-0.2, -0.15) is 0 Å². The van der Waals surface area contributed by atoms with Crippen molar-refractivity contribution in [3.05, 3.63) is 74.7 Å². The molecule has 0 amide bonds. The second kappa shape index (κ2) is 9.17. The van der Waals surface area contributed by atoms with Gasteiger partial charge in [0.2, 0.25) is 5.88 Å². The predicted molar refractivity (Wildman–Crippen MR) is 126 cm³/mol. The average Bonchev–Trinajstić information content (AvgIpc) is 3.42. The van der Waals surface area contributed by atoms with Crippen molar-refractivity contribution in [3.63, 3.8) is 0 Å². The van der Waals surface area contributed by atoms with Gasteiger partial charge < -0.3 is 18.9 Å². The summed E-state index contributed by atoms with van der Waals surface area (Å²) in [4.78, 5) is 15.9. The minimum Gasteiger partial charge on any atom is -0.492 e. The van der Waals surface area contributed by atoms with Gasteiger partial charge in [-0.25, -0.2) is 9.37 Å². The molecule has 6 nitrogen and oxygen atoms in total. The number of benzene rings is 2. The number of carbonyl (C=O) groups is 1. The first-order chi connectivity index (χ1) is 16.0. The van der Waals surface area contributed by atoms with Crippen LogP contribution >= 0.6 is 22.6 Å². The fraction of sp³-hybridized carbons (Fsp3) is 0.280. The summed E-state index contributed by atoms with van der Waals surface area (Å²) in [6.07, 6.45) is 2.83. The summed E-state index contributed by atoms with van der Waals surface area (Å²) in [6.45, 7) is 0.419.